The highest BCUT2D eigenvalue weighted by Crippen LogP contribution is 2.31. The average Bonchev–Trinajstić information content (AvgIpc) is 2.31. The zero-order valence-electron chi connectivity index (χ0n) is 8.75. The molecule has 0 unspecified atom stereocenters. The lowest BCUT2D eigenvalue weighted by atomic mass is 10.3. The summed E-state index contributed by atoms with van der Waals surface area (Å²) in [5, 5.41) is 0. The van der Waals surface area contributed by atoms with Crippen molar-refractivity contribution in [2.24, 2.45) is 0 Å². The Morgan fingerprint density at radius 2 is 2.06 bits per heavy atom. The Labute approximate surface area is 92.9 Å². The standard InChI is InChI=1S/C11H11N3O2/c1-15-9-3-2-8(12)6-10(9)16-11-4-5-13-7-14-11/h2-7H,12H2,1H3. The van der Waals surface area contributed by atoms with Gasteiger partial charge in [0.2, 0.25) is 5.88 Å². The van der Waals surface area contributed by atoms with Crippen LogP contribution in [0.5, 0.6) is 17.4 Å². The normalized spacial score (nSPS) is 9.81. The van der Waals surface area contributed by atoms with Gasteiger partial charge in [0.25, 0.3) is 0 Å². The minimum Gasteiger partial charge on any atom is -0.493 e. The van der Waals surface area contributed by atoms with Gasteiger partial charge in [0, 0.05) is 24.0 Å². The molecule has 1 aromatic carbocycles. The van der Waals surface area contributed by atoms with Gasteiger partial charge in [-0.25, -0.2) is 9.97 Å². The third-order valence-electron chi connectivity index (χ3n) is 1.96. The van der Waals surface area contributed by atoms with E-state index < -0.39 is 0 Å². The van der Waals surface area contributed by atoms with Crippen molar-refractivity contribution < 1.29 is 9.47 Å². The fourth-order valence-electron chi connectivity index (χ4n) is 1.22. The molecule has 5 nitrogen and oxygen atoms in total. The Bertz CT molecular complexity index is 474. The number of rotatable bonds is 3. The zero-order valence-corrected chi connectivity index (χ0v) is 8.75. The van der Waals surface area contributed by atoms with Crippen LogP contribution in [0.4, 0.5) is 5.69 Å². The van der Waals surface area contributed by atoms with E-state index >= 15 is 0 Å². The maximum Gasteiger partial charge on any atom is 0.222 e. The van der Waals surface area contributed by atoms with E-state index in [0.29, 0.717) is 23.1 Å². The SMILES string of the molecule is COc1ccc(N)cc1Oc1ccncn1. The topological polar surface area (TPSA) is 70.3 Å². The fourth-order valence-corrected chi connectivity index (χ4v) is 1.22. The second kappa shape index (κ2) is 4.48. The summed E-state index contributed by atoms with van der Waals surface area (Å²) < 4.78 is 10.7. The highest BCUT2D eigenvalue weighted by atomic mass is 16.5. The molecule has 0 aliphatic rings. The van der Waals surface area contributed by atoms with Gasteiger partial charge in [-0.15, -0.1) is 0 Å². The van der Waals surface area contributed by atoms with Gasteiger partial charge in [-0.05, 0) is 12.1 Å². The quantitative estimate of drug-likeness (QED) is 0.794. The molecule has 1 heterocycles. The van der Waals surface area contributed by atoms with E-state index in [1.165, 1.54) is 6.33 Å². The number of hydrogen-bond acceptors (Lipinski definition) is 5. The number of benzene rings is 1. The number of methoxy groups -OCH3 is 1. The van der Waals surface area contributed by atoms with E-state index in [0.717, 1.165) is 0 Å². The smallest absolute Gasteiger partial charge is 0.222 e. The van der Waals surface area contributed by atoms with E-state index in [1.807, 2.05) is 0 Å². The van der Waals surface area contributed by atoms with Crippen LogP contribution in [0, 0.1) is 0 Å². The van der Waals surface area contributed by atoms with Gasteiger partial charge in [0.15, 0.2) is 11.5 Å². The van der Waals surface area contributed by atoms with Crippen molar-refractivity contribution in [2.45, 2.75) is 0 Å². The molecular formula is C11H11N3O2. The van der Waals surface area contributed by atoms with E-state index in [1.54, 1.807) is 37.6 Å². The Kier molecular flexibility index (Phi) is 2.86. The van der Waals surface area contributed by atoms with Crippen molar-refractivity contribution in [3.05, 3.63) is 36.8 Å². The maximum absolute atomic E-state index is 5.67. The molecule has 0 saturated carbocycles. The lowest BCUT2D eigenvalue weighted by molar-refractivity contribution is 0.374. The van der Waals surface area contributed by atoms with Crippen LogP contribution in [-0.2, 0) is 0 Å². The third-order valence-corrected chi connectivity index (χ3v) is 1.96. The number of anilines is 1. The summed E-state index contributed by atoms with van der Waals surface area (Å²) in [6.07, 6.45) is 3.01. The van der Waals surface area contributed by atoms with Gasteiger partial charge >= 0.3 is 0 Å². The monoisotopic (exact) mass is 217 g/mol. The summed E-state index contributed by atoms with van der Waals surface area (Å²) in [5.41, 5.74) is 6.27. The molecule has 0 aliphatic carbocycles. The number of nitrogen functional groups attached to an aromatic ring is 1. The first-order chi connectivity index (χ1) is 7.79. The molecule has 0 atom stereocenters. The molecule has 0 spiro atoms. The molecule has 2 aromatic rings. The Hall–Kier alpha value is -2.30. The lowest BCUT2D eigenvalue weighted by Crippen LogP contribution is -1.94. The predicted octanol–water partition coefficient (Wildman–Crippen LogP) is 1.86. The summed E-state index contributed by atoms with van der Waals surface area (Å²) in [7, 11) is 1.57. The third kappa shape index (κ3) is 2.20. The molecule has 82 valence electrons. The van der Waals surface area contributed by atoms with E-state index in [4.69, 9.17) is 15.2 Å². The average molecular weight is 217 g/mol. The van der Waals surface area contributed by atoms with Crippen molar-refractivity contribution in [3.63, 3.8) is 0 Å². The maximum atomic E-state index is 5.67. The van der Waals surface area contributed by atoms with Crippen LogP contribution >= 0.6 is 0 Å². The minimum atomic E-state index is 0.443. The van der Waals surface area contributed by atoms with Gasteiger partial charge in [0.1, 0.15) is 6.33 Å². The molecule has 2 rings (SSSR count). The first-order valence-electron chi connectivity index (χ1n) is 4.67. The number of nitrogens with zero attached hydrogens (tertiary/aromatic N) is 2. The molecule has 0 radical (unpaired) electrons. The molecule has 5 heteroatoms. The molecular weight excluding hydrogens is 206 g/mol. The van der Waals surface area contributed by atoms with Gasteiger partial charge in [-0.3, -0.25) is 0 Å². The Morgan fingerprint density at radius 1 is 1.19 bits per heavy atom. The highest BCUT2D eigenvalue weighted by Gasteiger charge is 2.06. The van der Waals surface area contributed by atoms with Crippen molar-refractivity contribution >= 4 is 5.69 Å². The van der Waals surface area contributed by atoms with E-state index in [2.05, 4.69) is 9.97 Å². The van der Waals surface area contributed by atoms with Gasteiger partial charge in [0.05, 0.1) is 7.11 Å². The second-order valence-electron chi connectivity index (χ2n) is 3.06. The van der Waals surface area contributed by atoms with Crippen LogP contribution in [0.3, 0.4) is 0 Å². The predicted molar refractivity (Wildman–Crippen MR) is 59.5 cm³/mol. The molecule has 16 heavy (non-hydrogen) atoms. The largest absolute Gasteiger partial charge is 0.493 e. The van der Waals surface area contributed by atoms with Crippen LogP contribution in [-0.4, -0.2) is 17.1 Å². The molecule has 0 aliphatic heterocycles. The van der Waals surface area contributed by atoms with Gasteiger partial charge < -0.3 is 15.2 Å². The molecule has 0 saturated heterocycles. The highest BCUT2D eigenvalue weighted by molar-refractivity contribution is 5.52. The zero-order chi connectivity index (χ0) is 11.4. The molecule has 2 N–H and O–H groups in total. The lowest BCUT2D eigenvalue weighted by Gasteiger charge is -2.09. The van der Waals surface area contributed by atoms with Crippen LogP contribution in [0.2, 0.25) is 0 Å². The van der Waals surface area contributed by atoms with E-state index in [-0.39, 0.29) is 0 Å². The summed E-state index contributed by atoms with van der Waals surface area (Å²) in [4.78, 5) is 7.75. The fraction of sp³-hybridized carbons (Fsp3) is 0.0909. The summed E-state index contributed by atoms with van der Waals surface area (Å²) in [6.45, 7) is 0. The summed E-state index contributed by atoms with van der Waals surface area (Å²) in [5.74, 6) is 1.58. The molecule has 1 aromatic heterocycles. The van der Waals surface area contributed by atoms with Crippen molar-refractivity contribution in [1.82, 2.24) is 9.97 Å². The molecule has 0 bridgehead atoms. The van der Waals surface area contributed by atoms with Crippen molar-refractivity contribution in [3.8, 4) is 17.4 Å². The number of ether oxygens (including phenoxy) is 2. The molecule has 0 fully saturated rings. The summed E-state index contributed by atoms with van der Waals surface area (Å²) in [6, 6.07) is 6.82. The number of nitrogens with two attached hydrogens (primary N) is 1. The van der Waals surface area contributed by atoms with E-state index in [9.17, 15) is 0 Å². The van der Waals surface area contributed by atoms with Gasteiger partial charge in [-0.1, -0.05) is 0 Å². The first kappa shape index (κ1) is 10.2. The van der Waals surface area contributed by atoms with Gasteiger partial charge in [-0.2, -0.15) is 0 Å². The van der Waals surface area contributed by atoms with Crippen LogP contribution in [0.25, 0.3) is 0 Å². The van der Waals surface area contributed by atoms with Crippen LogP contribution in [0.15, 0.2) is 36.8 Å². The Balaban J connectivity index is 2.30. The number of aromatic nitrogens is 2. The molecule has 0 amide bonds. The Morgan fingerprint density at radius 3 is 2.75 bits per heavy atom. The van der Waals surface area contributed by atoms with Crippen molar-refractivity contribution in [2.75, 3.05) is 12.8 Å². The summed E-state index contributed by atoms with van der Waals surface area (Å²) >= 11 is 0. The van der Waals surface area contributed by atoms with Crippen LogP contribution < -0.4 is 15.2 Å². The second-order valence-corrected chi connectivity index (χ2v) is 3.06. The van der Waals surface area contributed by atoms with Crippen molar-refractivity contribution in [1.29, 1.82) is 0 Å². The minimum absolute atomic E-state index is 0.443. The number of hydrogen-bond donors (Lipinski definition) is 1. The first-order valence-corrected chi connectivity index (χ1v) is 4.67. The van der Waals surface area contributed by atoms with Crippen LogP contribution in [0.1, 0.15) is 0 Å².